The monoisotopic (exact) mass is 404 g/mol. The van der Waals surface area contributed by atoms with Gasteiger partial charge in [-0.15, -0.1) is 0 Å². The van der Waals surface area contributed by atoms with Gasteiger partial charge in [-0.2, -0.15) is 5.10 Å². The summed E-state index contributed by atoms with van der Waals surface area (Å²) in [7, 11) is 0. The highest BCUT2D eigenvalue weighted by Crippen LogP contribution is 2.31. The molecule has 7 nitrogen and oxygen atoms in total. The van der Waals surface area contributed by atoms with Crippen molar-refractivity contribution in [2.75, 3.05) is 31.1 Å². The van der Waals surface area contributed by atoms with E-state index in [-0.39, 0.29) is 5.92 Å². The normalized spacial score (nSPS) is 17.4. The van der Waals surface area contributed by atoms with E-state index in [1.54, 1.807) is 0 Å². The predicted octanol–water partition coefficient (Wildman–Crippen LogP) is 3.19. The van der Waals surface area contributed by atoms with Gasteiger partial charge in [0.2, 0.25) is 5.91 Å². The Labute approximate surface area is 176 Å². The number of aryl methyl sites for hydroxylation is 3. The Hall–Kier alpha value is -2.96. The Morgan fingerprint density at radius 1 is 0.967 bits per heavy atom. The van der Waals surface area contributed by atoms with E-state index < -0.39 is 0 Å². The van der Waals surface area contributed by atoms with Crippen LogP contribution in [0.1, 0.15) is 36.3 Å². The summed E-state index contributed by atoms with van der Waals surface area (Å²) in [6, 6.07) is 8.32. The van der Waals surface area contributed by atoms with E-state index in [4.69, 9.17) is 15.1 Å². The lowest BCUT2D eigenvalue weighted by Gasteiger charge is -2.38. The minimum Gasteiger partial charge on any atom is -0.352 e. The molecule has 3 heterocycles. The number of nitrogens with zero attached hydrogens (tertiary/aromatic N) is 6. The minimum atomic E-state index is 0.263. The van der Waals surface area contributed by atoms with Crippen LogP contribution in [0.4, 0.5) is 5.82 Å². The smallest absolute Gasteiger partial charge is 0.225 e. The molecule has 0 bridgehead atoms. The van der Waals surface area contributed by atoms with E-state index in [0.29, 0.717) is 5.91 Å². The van der Waals surface area contributed by atoms with Gasteiger partial charge in [0, 0.05) is 32.1 Å². The molecule has 0 spiro atoms. The summed E-state index contributed by atoms with van der Waals surface area (Å²) in [5.41, 5.74) is 3.98. The number of piperazine rings is 1. The second-order valence-electron chi connectivity index (χ2n) is 8.57. The molecule has 0 radical (unpaired) electrons. The highest BCUT2D eigenvalue weighted by atomic mass is 16.2. The van der Waals surface area contributed by atoms with Gasteiger partial charge in [0.15, 0.2) is 5.65 Å². The lowest BCUT2D eigenvalue weighted by atomic mass is 9.84. The summed E-state index contributed by atoms with van der Waals surface area (Å²) >= 11 is 0. The average Bonchev–Trinajstić information content (AvgIpc) is 3.03. The fourth-order valence-corrected chi connectivity index (χ4v) is 4.41. The van der Waals surface area contributed by atoms with E-state index in [2.05, 4.69) is 36.1 Å². The molecule has 156 valence electrons. The molecule has 1 aromatic carbocycles. The summed E-state index contributed by atoms with van der Waals surface area (Å²) in [6.45, 7) is 9.12. The molecule has 5 rings (SSSR count). The van der Waals surface area contributed by atoms with Crippen molar-refractivity contribution in [3.63, 3.8) is 0 Å². The zero-order chi connectivity index (χ0) is 20.8. The highest BCUT2D eigenvalue weighted by molar-refractivity contribution is 5.91. The standard InChI is InChI=1S/C23H28N6O/c1-15-7-9-19(10-8-15)29-22-20(16(2)26-29)21(24-17(3)25-22)27-11-13-28(14-12-27)23(30)18-5-4-6-18/h7-10,18H,4-6,11-14H2,1-3H3. The van der Waals surface area contributed by atoms with Crippen LogP contribution in [0.2, 0.25) is 0 Å². The van der Waals surface area contributed by atoms with Crippen molar-refractivity contribution >= 4 is 22.8 Å². The first-order chi connectivity index (χ1) is 14.5. The zero-order valence-corrected chi connectivity index (χ0v) is 17.9. The molecule has 1 aliphatic carbocycles. The topological polar surface area (TPSA) is 67.2 Å². The molecule has 0 atom stereocenters. The molecular formula is C23H28N6O. The minimum absolute atomic E-state index is 0.263. The first-order valence-corrected chi connectivity index (χ1v) is 10.9. The lowest BCUT2D eigenvalue weighted by molar-refractivity contribution is -0.138. The van der Waals surface area contributed by atoms with Crippen molar-refractivity contribution in [3.05, 3.63) is 41.3 Å². The molecule has 2 aromatic heterocycles. The number of hydrogen-bond acceptors (Lipinski definition) is 5. The summed E-state index contributed by atoms with van der Waals surface area (Å²) in [6.07, 6.45) is 3.31. The molecule has 7 heteroatoms. The molecule has 1 aliphatic heterocycles. The second-order valence-corrected chi connectivity index (χ2v) is 8.57. The molecule has 2 fully saturated rings. The number of carbonyl (C=O) groups is 1. The fourth-order valence-electron chi connectivity index (χ4n) is 4.41. The number of hydrogen-bond donors (Lipinski definition) is 0. The van der Waals surface area contributed by atoms with Gasteiger partial charge >= 0.3 is 0 Å². The van der Waals surface area contributed by atoms with Crippen molar-refractivity contribution in [3.8, 4) is 5.69 Å². The van der Waals surface area contributed by atoms with Crippen molar-refractivity contribution in [1.82, 2.24) is 24.6 Å². The first-order valence-electron chi connectivity index (χ1n) is 10.9. The third kappa shape index (κ3) is 3.22. The Morgan fingerprint density at radius 3 is 2.30 bits per heavy atom. The summed E-state index contributed by atoms with van der Waals surface area (Å²) < 4.78 is 1.92. The third-order valence-electron chi connectivity index (χ3n) is 6.42. The average molecular weight is 405 g/mol. The van der Waals surface area contributed by atoms with Gasteiger partial charge in [0.25, 0.3) is 0 Å². The Bertz CT molecular complexity index is 1090. The van der Waals surface area contributed by atoms with Gasteiger partial charge in [0.1, 0.15) is 11.6 Å². The zero-order valence-electron chi connectivity index (χ0n) is 17.9. The molecule has 1 saturated heterocycles. The Balaban J connectivity index is 1.46. The fraction of sp³-hybridized carbons (Fsp3) is 0.478. The predicted molar refractivity (Wildman–Crippen MR) is 117 cm³/mol. The molecule has 1 saturated carbocycles. The SMILES string of the molecule is Cc1ccc(-n2nc(C)c3c(N4CCN(C(=O)C5CCC5)CC4)nc(C)nc32)cc1. The molecule has 30 heavy (non-hydrogen) atoms. The molecule has 1 amide bonds. The summed E-state index contributed by atoms with van der Waals surface area (Å²) in [4.78, 5) is 26.5. The van der Waals surface area contributed by atoms with Crippen LogP contribution in [0.5, 0.6) is 0 Å². The highest BCUT2D eigenvalue weighted by Gasteiger charge is 2.32. The number of carbonyl (C=O) groups excluding carboxylic acids is 1. The number of anilines is 1. The second kappa shape index (κ2) is 7.38. The van der Waals surface area contributed by atoms with Crippen LogP contribution < -0.4 is 4.90 Å². The molecular weight excluding hydrogens is 376 g/mol. The van der Waals surface area contributed by atoms with Crippen molar-refractivity contribution in [2.24, 2.45) is 5.92 Å². The molecule has 3 aromatic rings. The van der Waals surface area contributed by atoms with Gasteiger partial charge < -0.3 is 9.80 Å². The number of benzene rings is 1. The molecule has 0 N–H and O–H groups in total. The van der Waals surface area contributed by atoms with Gasteiger partial charge in [0.05, 0.1) is 16.8 Å². The van der Waals surface area contributed by atoms with Crippen LogP contribution >= 0.6 is 0 Å². The maximum absolute atomic E-state index is 12.6. The van der Waals surface area contributed by atoms with E-state index in [1.807, 2.05) is 23.4 Å². The Kier molecular flexibility index (Phi) is 4.68. The maximum atomic E-state index is 12.6. The first kappa shape index (κ1) is 19.0. The van der Waals surface area contributed by atoms with Gasteiger partial charge in [-0.05, 0) is 45.7 Å². The van der Waals surface area contributed by atoms with Crippen LogP contribution in [0.25, 0.3) is 16.7 Å². The van der Waals surface area contributed by atoms with Crippen molar-refractivity contribution < 1.29 is 4.79 Å². The quantitative estimate of drug-likeness (QED) is 0.671. The van der Waals surface area contributed by atoms with Crippen LogP contribution in [0, 0.1) is 26.7 Å². The largest absolute Gasteiger partial charge is 0.352 e. The van der Waals surface area contributed by atoms with E-state index >= 15 is 0 Å². The van der Waals surface area contributed by atoms with Gasteiger partial charge in [-0.1, -0.05) is 24.1 Å². The van der Waals surface area contributed by atoms with Crippen LogP contribution in [0.3, 0.4) is 0 Å². The Morgan fingerprint density at radius 2 is 1.67 bits per heavy atom. The van der Waals surface area contributed by atoms with Gasteiger partial charge in [-0.25, -0.2) is 14.6 Å². The van der Waals surface area contributed by atoms with Crippen LogP contribution in [-0.2, 0) is 4.79 Å². The lowest BCUT2D eigenvalue weighted by Crippen LogP contribution is -2.51. The number of fused-ring (bicyclic) bond motifs is 1. The third-order valence-corrected chi connectivity index (χ3v) is 6.42. The molecule has 2 aliphatic rings. The number of amides is 1. The van der Waals surface area contributed by atoms with E-state index in [1.165, 1.54) is 12.0 Å². The van der Waals surface area contributed by atoms with Crippen LogP contribution in [0.15, 0.2) is 24.3 Å². The number of rotatable bonds is 3. The van der Waals surface area contributed by atoms with E-state index in [9.17, 15) is 4.79 Å². The van der Waals surface area contributed by atoms with Gasteiger partial charge in [-0.3, -0.25) is 4.79 Å². The molecule has 0 unspecified atom stereocenters. The van der Waals surface area contributed by atoms with Crippen molar-refractivity contribution in [1.29, 1.82) is 0 Å². The summed E-state index contributed by atoms with van der Waals surface area (Å²) in [5.74, 6) is 2.27. The van der Waals surface area contributed by atoms with Crippen molar-refractivity contribution in [2.45, 2.75) is 40.0 Å². The van der Waals surface area contributed by atoms with Crippen LogP contribution in [-0.4, -0.2) is 56.7 Å². The van der Waals surface area contributed by atoms with E-state index in [0.717, 1.165) is 73.1 Å². The maximum Gasteiger partial charge on any atom is 0.225 e. The number of aromatic nitrogens is 4. The summed E-state index contributed by atoms with van der Waals surface area (Å²) in [5, 5.41) is 5.79.